The van der Waals surface area contributed by atoms with Crippen molar-refractivity contribution in [2.45, 2.75) is 45.9 Å². The van der Waals surface area contributed by atoms with Crippen molar-refractivity contribution in [3.63, 3.8) is 0 Å². The van der Waals surface area contributed by atoms with E-state index in [-0.39, 0.29) is 18.1 Å². The molecule has 0 saturated carbocycles. The maximum absolute atomic E-state index is 13.7. The molecule has 1 aromatic heterocycles. The SMILES string of the molecule is CCCCn1c(N)c(N(Cc2ccccc2OC)C(=O)[C@@H](C)Oc2ccc(Br)cc2)c(=O)[nH]c1=O. The number of para-hydroxylation sites is 1. The number of nitrogens with zero attached hydrogens (tertiary/aromatic N) is 2. The van der Waals surface area contributed by atoms with Crippen LogP contribution in [0, 0.1) is 0 Å². The molecule has 0 radical (unpaired) electrons. The molecule has 0 aliphatic carbocycles. The highest BCUT2D eigenvalue weighted by molar-refractivity contribution is 9.10. The van der Waals surface area contributed by atoms with E-state index in [0.717, 1.165) is 10.9 Å². The monoisotopic (exact) mass is 544 g/mol. The van der Waals surface area contributed by atoms with Crippen molar-refractivity contribution >= 4 is 33.3 Å². The number of carbonyl (C=O) groups excluding carboxylic acids is 1. The van der Waals surface area contributed by atoms with Crippen molar-refractivity contribution in [1.29, 1.82) is 0 Å². The van der Waals surface area contributed by atoms with Gasteiger partial charge in [0.05, 0.1) is 13.7 Å². The van der Waals surface area contributed by atoms with Gasteiger partial charge in [0, 0.05) is 16.6 Å². The van der Waals surface area contributed by atoms with E-state index in [9.17, 15) is 14.4 Å². The number of methoxy groups -OCH3 is 1. The summed E-state index contributed by atoms with van der Waals surface area (Å²) in [4.78, 5) is 42.7. The number of H-pyrrole nitrogens is 1. The zero-order valence-corrected chi connectivity index (χ0v) is 21.5. The first-order valence-electron chi connectivity index (χ1n) is 11.2. The van der Waals surface area contributed by atoms with Crippen molar-refractivity contribution in [2.24, 2.45) is 0 Å². The van der Waals surface area contributed by atoms with Gasteiger partial charge in [0.25, 0.3) is 11.5 Å². The first-order chi connectivity index (χ1) is 16.8. The van der Waals surface area contributed by atoms with Crippen LogP contribution in [0.25, 0.3) is 0 Å². The molecule has 1 atom stereocenters. The van der Waals surface area contributed by atoms with Gasteiger partial charge in [0.1, 0.15) is 17.3 Å². The molecule has 35 heavy (non-hydrogen) atoms. The number of hydrogen-bond donors (Lipinski definition) is 2. The number of rotatable bonds is 10. The first kappa shape index (κ1) is 26.1. The highest BCUT2D eigenvalue weighted by Crippen LogP contribution is 2.26. The smallest absolute Gasteiger partial charge is 0.330 e. The van der Waals surface area contributed by atoms with Gasteiger partial charge in [0.2, 0.25) is 0 Å². The third-order valence-corrected chi connectivity index (χ3v) is 6.01. The highest BCUT2D eigenvalue weighted by Gasteiger charge is 2.30. The zero-order chi connectivity index (χ0) is 25.5. The molecule has 0 unspecified atom stereocenters. The lowest BCUT2D eigenvalue weighted by atomic mass is 10.1. The molecule has 186 valence electrons. The second-order valence-electron chi connectivity index (χ2n) is 7.95. The fourth-order valence-electron chi connectivity index (χ4n) is 3.63. The Balaban J connectivity index is 2.08. The van der Waals surface area contributed by atoms with Gasteiger partial charge in [-0.3, -0.25) is 24.0 Å². The maximum atomic E-state index is 13.7. The van der Waals surface area contributed by atoms with Crippen LogP contribution in [-0.4, -0.2) is 28.7 Å². The summed E-state index contributed by atoms with van der Waals surface area (Å²) in [5.74, 6) is 0.449. The minimum absolute atomic E-state index is 0.0177. The van der Waals surface area contributed by atoms with Crippen molar-refractivity contribution < 1.29 is 14.3 Å². The lowest BCUT2D eigenvalue weighted by molar-refractivity contribution is -0.124. The van der Waals surface area contributed by atoms with Gasteiger partial charge >= 0.3 is 5.69 Å². The average Bonchev–Trinajstić information content (AvgIpc) is 2.84. The number of unbranched alkanes of at least 4 members (excludes halogenated alkanes) is 1. The summed E-state index contributed by atoms with van der Waals surface area (Å²) in [6, 6.07) is 14.2. The predicted octanol–water partition coefficient (Wildman–Crippen LogP) is 3.69. The Hall–Kier alpha value is -3.53. The van der Waals surface area contributed by atoms with E-state index >= 15 is 0 Å². The van der Waals surface area contributed by atoms with Crippen molar-refractivity contribution in [3.05, 3.63) is 79.4 Å². The number of amides is 1. The average molecular weight is 545 g/mol. The quantitative estimate of drug-likeness (QED) is 0.401. The minimum Gasteiger partial charge on any atom is -0.496 e. The molecule has 1 amide bonds. The Bertz CT molecular complexity index is 1290. The lowest BCUT2D eigenvalue weighted by Crippen LogP contribution is -2.45. The van der Waals surface area contributed by atoms with E-state index in [1.54, 1.807) is 55.5 Å². The highest BCUT2D eigenvalue weighted by atomic mass is 79.9. The minimum atomic E-state index is -0.958. The number of carbonyl (C=O) groups is 1. The van der Waals surface area contributed by atoms with Gasteiger partial charge in [-0.25, -0.2) is 4.79 Å². The topological polar surface area (TPSA) is 120 Å². The molecule has 0 aliphatic rings. The first-order valence-corrected chi connectivity index (χ1v) is 12.0. The normalized spacial score (nSPS) is 11.7. The standard InChI is InChI=1S/C25H29BrN4O5/c1-4-5-14-29-22(27)21(23(31)28-25(29)33)30(15-17-8-6-7-9-20(17)34-3)24(32)16(2)35-19-12-10-18(26)11-13-19/h6-13,16H,4-5,14-15,27H2,1-3H3,(H,28,31,33)/t16-/m1/s1. The molecule has 3 rings (SSSR count). The van der Waals surface area contributed by atoms with Gasteiger partial charge in [-0.2, -0.15) is 0 Å². The summed E-state index contributed by atoms with van der Waals surface area (Å²) in [5.41, 5.74) is 5.51. The summed E-state index contributed by atoms with van der Waals surface area (Å²) >= 11 is 3.37. The summed E-state index contributed by atoms with van der Waals surface area (Å²) in [5, 5.41) is 0. The maximum Gasteiger partial charge on any atom is 0.330 e. The van der Waals surface area contributed by atoms with Crippen LogP contribution < -0.4 is 31.4 Å². The number of nitrogens with one attached hydrogen (secondary N) is 1. The molecule has 0 bridgehead atoms. The number of anilines is 2. The van der Waals surface area contributed by atoms with Crippen molar-refractivity contribution in [2.75, 3.05) is 17.7 Å². The lowest BCUT2D eigenvalue weighted by Gasteiger charge is -2.28. The molecule has 0 fully saturated rings. The molecule has 0 saturated heterocycles. The van der Waals surface area contributed by atoms with E-state index < -0.39 is 23.3 Å². The third-order valence-electron chi connectivity index (χ3n) is 5.48. The summed E-state index contributed by atoms with van der Waals surface area (Å²) in [6.07, 6.45) is 0.544. The molecule has 0 aliphatic heterocycles. The van der Waals surface area contributed by atoms with Crippen LogP contribution in [0.3, 0.4) is 0 Å². The number of halogens is 1. The van der Waals surface area contributed by atoms with Crippen LogP contribution in [0.15, 0.2) is 62.6 Å². The Labute approximate surface area is 211 Å². The number of ether oxygens (including phenoxy) is 2. The fraction of sp³-hybridized carbons (Fsp3) is 0.320. The number of aromatic amines is 1. The molecule has 9 nitrogen and oxygen atoms in total. The Morgan fingerprint density at radius 1 is 1.17 bits per heavy atom. The van der Waals surface area contributed by atoms with Gasteiger partial charge in [0.15, 0.2) is 11.8 Å². The molecular formula is C25H29BrN4O5. The van der Waals surface area contributed by atoms with Crippen LogP contribution in [0.2, 0.25) is 0 Å². The van der Waals surface area contributed by atoms with Gasteiger partial charge < -0.3 is 15.2 Å². The molecule has 2 aromatic carbocycles. The molecule has 10 heteroatoms. The number of nitrogens with two attached hydrogens (primary N) is 1. The predicted molar refractivity (Wildman–Crippen MR) is 139 cm³/mol. The second-order valence-corrected chi connectivity index (χ2v) is 8.86. The Morgan fingerprint density at radius 2 is 1.86 bits per heavy atom. The fourth-order valence-corrected chi connectivity index (χ4v) is 3.90. The largest absolute Gasteiger partial charge is 0.496 e. The third kappa shape index (κ3) is 6.13. The molecule has 0 spiro atoms. The van der Waals surface area contributed by atoms with Gasteiger partial charge in [-0.05, 0) is 43.7 Å². The molecule has 3 aromatic rings. The van der Waals surface area contributed by atoms with E-state index in [1.807, 2.05) is 6.92 Å². The Morgan fingerprint density at radius 3 is 2.51 bits per heavy atom. The molecular weight excluding hydrogens is 516 g/mol. The van der Waals surface area contributed by atoms with Crippen LogP contribution in [0.1, 0.15) is 32.3 Å². The zero-order valence-electron chi connectivity index (χ0n) is 19.9. The number of hydrogen-bond acceptors (Lipinski definition) is 6. The van der Waals surface area contributed by atoms with Crippen LogP contribution in [0.4, 0.5) is 11.5 Å². The summed E-state index contributed by atoms with van der Waals surface area (Å²) < 4.78 is 13.5. The number of aromatic nitrogens is 2. The summed E-state index contributed by atoms with van der Waals surface area (Å²) in [7, 11) is 1.52. The molecule has 1 heterocycles. The van der Waals surface area contributed by atoms with Gasteiger partial charge in [-0.1, -0.05) is 47.5 Å². The van der Waals surface area contributed by atoms with Crippen molar-refractivity contribution in [1.82, 2.24) is 9.55 Å². The van der Waals surface area contributed by atoms with E-state index in [2.05, 4.69) is 20.9 Å². The number of benzene rings is 2. The summed E-state index contributed by atoms with van der Waals surface area (Å²) in [6.45, 7) is 3.87. The number of nitrogen functional groups attached to an aromatic ring is 1. The van der Waals surface area contributed by atoms with Crippen molar-refractivity contribution in [3.8, 4) is 11.5 Å². The second kappa shape index (κ2) is 11.7. The van der Waals surface area contributed by atoms with Crippen LogP contribution in [-0.2, 0) is 17.9 Å². The van der Waals surface area contributed by atoms with E-state index in [0.29, 0.717) is 30.0 Å². The Kier molecular flexibility index (Phi) is 8.75. The van der Waals surface area contributed by atoms with Crippen LogP contribution in [0.5, 0.6) is 11.5 Å². The van der Waals surface area contributed by atoms with E-state index in [1.165, 1.54) is 16.6 Å². The molecule has 3 N–H and O–H groups in total. The van der Waals surface area contributed by atoms with Crippen LogP contribution >= 0.6 is 15.9 Å². The van der Waals surface area contributed by atoms with Gasteiger partial charge in [-0.15, -0.1) is 0 Å². The van der Waals surface area contributed by atoms with E-state index in [4.69, 9.17) is 15.2 Å².